The van der Waals surface area contributed by atoms with Gasteiger partial charge in [-0.2, -0.15) is 4.98 Å². The number of thioether (sulfide) groups is 1. The number of methoxy groups -OCH3 is 1. The van der Waals surface area contributed by atoms with Crippen LogP contribution >= 0.6 is 11.8 Å². The average molecular weight is 237 g/mol. The van der Waals surface area contributed by atoms with E-state index in [1.165, 1.54) is 0 Å². The van der Waals surface area contributed by atoms with E-state index >= 15 is 0 Å². The summed E-state index contributed by atoms with van der Waals surface area (Å²) in [5.41, 5.74) is 1.04. The Morgan fingerprint density at radius 1 is 1.50 bits per heavy atom. The highest BCUT2D eigenvalue weighted by atomic mass is 32.2. The number of ether oxygens (including phenoxy) is 1. The molecule has 0 saturated heterocycles. The molecular weight excluding hydrogens is 222 g/mol. The summed E-state index contributed by atoms with van der Waals surface area (Å²) < 4.78 is 7.26. The standard InChI is InChI=1S/C11H15N3OS/c1-4-5-9-12-7-8-6-10(15-2)13-11(16-3)14(8)9/h6-7H,4-5H2,1-3H3. The third-order valence-electron chi connectivity index (χ3n) is 2.40. The SMILES string of the molecule is CCCc1ncc2cc(OC)nc(SC)n12. The Hall–Kier alpha value is -1.23. The van der Waals surface area contributed by atoms with Gasteiger partial charge in [0.15, 0.2) is 5.16 Å². The van der Waals surface area contributed by atoms with Crippen LogP contribution in [-0.2, 0) is 6.42 Å². The number of hydrogen-bond donors (Lipinski definition) is 0. The zero-order valence-electron chi connectivity index (χ0n) is 9.73. The fourth-order valence-electron chi connectivity index (χ4n) is 1.67. The van der Waals surface area contributed by atoms with E-state index in [0.717, 1.165) is 29.3 Å². The molecule has 4 nitrogen and oxygen atoms in total. The van der Waals surface area contributed by atoms with Gasteiger partial charge in [0.05, 0.1) is 18.8 Å². The van der Waals surface area contributed by atoms with Crippen molar-refractivity contribution in [1.29, 1.82) is 0 Å². The van der Waals surface area contributed by atoms with Crippen LogP contribution in [0, 0.1) is 0 Å². The number of hydrogen-bond acceptors (Lipinski definition) is 4. The molecule has 0 atom stereocenters. The highest BCUT2D eigenvalue weighted by Gasteiger charge is 2.10. The molecule has 0 spiro atoms. The molecule has 2 aromatic heterocycles. The summed E-state index contributed by atoms with van der Waals surface area (Å²) in [6, 6.07) is 1.91. The molecule has 0 bridgehead atoms. The lowest BCUT2D eigenvalue weighted by Crippen LogP contribution is -2.01. The molecule has 0 aromatic carbocycles. The first-order chi connectivity index (χ1) is 7.80. The van der Waals surface area contributed by atoms with Gasteiger partial charge in [0.1, 0.15) is 5.82 Å². The third kappa shape index (κ3) is 1.87. The molecular formula is C11H15N3OS. The molecule has 0 amide bonds. The van der Waals surface area contributed by atoms with Crippen molar-refractivity contribution in [2.75, 3.05) is 13.4 Å². The summed E-state index contributed by atoms with van der Waals surface area (Å²) >= 11 is 1.60. The molecule has 5 heteroatoms. The molecule has 0 aliphatic carbocycles. The Balaban J connectivity index is 2.62. The molecule has 2 heterocycles. The van der Waals surface area contributed by atoms with Crippen LogP contribution in [0.1, 0.15) is 19.2 Å². The minimum Gasteiger partial charge on any atom is -0.481 e. The highest BCUT2D eigenvalue weighted by molar-refractivity contribution is 7.98. The molecule has 0 fully saturated rings. The molecule has 0 saturated carbocycles. The Labute approximate surface area is 99.1 Å². The molecule has 0 aliphatic rings. The number of rotatable bonds is 4. The summed E-state index contributed by atoms with van der Waals surface area (Å²) in [4.78, 5) is 8.84. The van der Waals surface area contributed by atoms with E-state index in [0.29, 0.717) is 5.88 Å². The Morgan fingerprint density at radius 2 is 2.31 bits per heavy atom. The van der Waals surface area contributed by atoms with E-state index in [1.54, 1.807) is 18.9 Å². The van der Waals surface area contributed by atoms with E-state index < -0.39 is 0 Å². The summed E-state index contributed by atoms with van der Waals surface area (Å²) in [5.74, 6) is 1.71. The van der Waals surface area contributed by atoms with Crippen molar-refractivity contribution in [3.63, 3.8) is 0 Å². The van der Waals surface area contributed by atoms with Crippen molar-refractivity contribution in [2.24, 2.45) is 0 Å². The maximum absolute atomic E-state index is 5.17. The van der Waals surface area contributed by atoms with Gasteiger partial charge in [-0.05, 0) is 12.7 Å². The molecule has 2 aromatic rings. The van der Waals surface area contributed by atoms with E-state index in [-0.39, 0.29) is 0 Å². The van der Waals surface area contributed by atoms with Crippen LogP contribution in [0.15, 0.2) is 17.4 Å². The first-order valence-electron chi connectivity index (χ1n) is 5.25. The van der Waals surface area contributed by atoms with Gasteiger partial charge in [-0.3, -0.25) is 4.40 Å². The van der Waals surface area contributed by atoms with Gasteiger partial charge in [0.2, 0.25) is 5.88 Å². The number of nitrogens with zero attached hydrogens (tertiary/aromatic N) is 3. The number of fused-ring (bicyclic) bond motifs is 1. The summed E-state index contributed by atoms with van der Waals surface area (Å²) in [6.07, 6.45) is 5.93. The lowest BCUT2D eigenvalue weighted by Gasteiger charge is -2.07. The number of aromatic nitrogens is 3. The van der Waals surface area contributed by atoms with Gasteiger partial charge in [0, 0.05) is 12.5 Å². The third-order valence-corrected chi connectivity index (χ3v) is 3.03. The average Bonchev–Trinajstić information content (AvgIpc) is 2.72. The second-order valence-corrected chi connectivity index (χ2v) is 4.24. The maximum Gasteiger partial charge on any atom is 0.217 e. The summed E-state index contributed by atoms with van der Waals surface area (Å²) in [5, 5.41) is 0.926. The Kier molecular flexibility index (Phi) is 3.33. The predicted molar refractivity (Wildman–Crippen MR) is 65.3 cm³/mol. The van der Waals surface area contributed by atoms with Crippen LogP contribution in [0.3, 0.4) is 0 Å². The molecule has 0 aliphatic heterocycles. The second kappa shape index (κ2) is 4.74. The predicted octanol–water partition coefficient (Wildman–Crippen LogP) is 2.41. The van der Waals surface area contributed by atoms with Crippen molar-refractivity contribution >= 4 is 17.3 Å². The zero-order valence-corrected chi connectivity index (χ0v) is 10.5. The largest absolute Gasteiger partial charge is 0.481 e. The molecule has 16 heavy (non-hydrogen) atoms. The van der Waals surface area contributed by atoms with E-state index in [1.807, 2.05) is 18.5 Å². The van der Waals surface area contributed by atoms with Gasteiger partial charge in [-0.15, -0.1) is 0 Å². The first-order valence-corrected chi connectivity index (χ1v) is 6.48. The van der Waals surface area contributed by atoms with Gasteiger partial charge in [0.25, 0.3) is 0 Å². The van der Waals surface area contributed by atoms with Crippen molar-refractivity contribution in [3.05, 3.63) is 18.1 Å². The molecule has 0 radical (unpaired) electrons. The lowest BCUT2D eigenvalue weighted by molar-refractivity contribution is 0.392. The first kappa shape index (κ1) is 11.3. The van der Waals surface area contributed by atoms with Gasteiger partial charge in [-0.1, -0.05) is 18.7 Å². The van der Waals surface area contributed by atoms with Gasteiger partial charge in [-0.25, -0.2) is 4.98 Å². The molecule has 2 rings (SSSR count). The topological polar surface area (TPSA) is 39.4 Å². The molecule has 0 unspecified atom stereocenters. The van der Waals surface area contributed by atoms with Gasteiger partial charge >= 0.3 is 0 Å². The lowest BCUT2D eigenvalue weighted by atomic mass is 10.3. The minimum absolute atomic E-state index is 0.639. The highest BCUT2D eigenvalue weighted by Crippen LogP contribution is 2.22. The van der Waals surface area contributed by atoms with Crippen LogP contribution in [0.4, 0.5) is 0 Å². The Bertz CT molecular complexity index is 495. The maximum atomic E-state index is 5.17. The van der Waals surface area contributed by atoms with Crippen molar-refractivity contribution in [3.8, 4) is 5.88 Å². The van der Waals surface area contributed by atoms with Crippen LogP contribution in [-0.4, -0.2) is 27.7 Å². The summed E-state index contributed by atoms with van der Waals surface area (Å²) in [6.45, 7) is 2.15. The van der Waals surface area contributed by atoms with Crippen molar-refractivity contribution in [1.82, 2.24) is 14.4 Å². The number of imidazole rings is 1. The van der Waals surface area contributed by atoms with Gasteiger partial charge < -0.3 is 4.74 Å². The van der Waals surface area contributed by atoms with Crippen molar-refractivity contribution < 1.29 is 4.74 Å². The van der Waals surface area contributed by atoms with Crippen LogP contribution in [0.2, 0.25) is 0 Å². The van der Waals surface area contributed by atoms with E-state index in [2.05, 4.69) is 21.3 Å². The quantitative estimate of drug-likeness (QED) is 0.604. The van der Waals surface area contributed by atoms with E-state index in [9.17, 15) is 0 Å². The molecule has 86 valence electrons. The van der Waals surface area contributed by atoms with Crippen LogP contribution in [0.5, 0.6) is 5.88 Å². The fourth-order valence-corrected chi connectivity index (χ4v) is 2.25. The number of aryl methyl sites for hydroxylation is 1. The fraction of sp³-hybridized carbons (Fsp3) is 0.455. The van der Waals surface area contributed by atoms with Crippen molar-refractivity contribution in [2.45, 2.75) is 24.9 Å². The zero-order chi connectivity index (χ0) is 11.5. The molecule has 0 N–H and O–H groups in total. The Morgan fingerprint density at radius 3 is 2.94 bits per heavy atom. The van der Waals surface area contributed by atoms with E-state index in [4.69, 9.17) is 4.74 Å². The monoisotopic (exact) mass is 237 g/mol. The van der Waals surface area contributed by atoms with Crippen LogP contribution in [0.25, 0.3) is 5.52 Å². The second-order valence-electron chi connectivity index (χ2n) is 3.47. The normalized spacial score (nSPS) is 10.9. The van der Waals surface area contributed by atoms with Crippen LogP contribution < -0.4 is 4.74 Å². The summed E-state index contributed by atoms with van der Waals surface area (Å²) in [7, 11) is 1.63. The minimum atomic E-state index is 0.639. The smallest absolute Gasteiger partial charge is 0.217 e.